The summed E-state index contributed by atoms with van der Waals surface area (Å²) in [5, 5.41) is 3.83. The molecule has 2 aromatic carbocycles. The molecular weight excluding hydrogens is 253 g/mol. The van der Waals surface area contributed by atoms with Crippen LogP contribution in [0.2, 0.25) is 0 Å². The van der Waals surface area contributed by atoms with Gasteiger partial charge >= 0.3 is 0 Å². The first-order valence-electron chi connectivity index (χ1n) is 6.61. The molecule has 3 heteroatoms. The molecule has 0 bridgehead atoms. The normalized spacial score (nSPS) is 11.8. The predicted octanol–water partition coefficient (Wildman–Crippen LogP) is 3.51. The van der Waals surface area contributed by atoms with Gasteiger partial charge in [0.15, 0.2) is 0 Å². The van der Waals surface area contributed by atoms with Crippen LogP contribution in [0.5, 0.6) is 0 Å². The molecule has 1 unspecified atom stereocenters. The quantitative estimate of drug-likeness (QED) is 0.845. The van der Waals surface area contributed by atoms with Crippen molar-refractivity contribution in [3.05, 3.63) is 47.8 Å². The molecule has 1 N–H and O–H groups in total. The fourth-order valence-corrected chi connectivity index (χ4v) is 2.18. The SMILES string of the molecule is C#CC(CCC)NC(=O)c1ccc(F)c2ccccc12. The first-order chi connectivity index (χ1) is 9.67. The van der Waals surface area contributed by atoms with Crippen molar-refractivity contribution in [2.75, 3.05) is 0 Å². The molecule has 0 aliphatic carbocycles. The molecule has 0 spiro atoms. The van der Waals surface area contributed by atoms with Gasteiger partial charge in [0.05, 0.1) is 6.04 Å². The molecule has 2 nitrogen and oxygen atoms in total. The zero-order valence-corrected chi connectivity index (χ0v) is 11.3. The van der Waals surface area contributed by atoms with Crippen LogP contribution in [0.25, 0.3) is 10.8 Å². The summed E-state index contributed by atoms with van der Waals surface area (Å²) < 4.78 is 13.7. The number of halogens is 1. The Bertz CT molecular complexity index is 672. The van der Waals surface area contributed by atoms with Crippen molar-refractivity contribution in [1.82, 2.24) is 5.32 Å². The average molecular weight is 269 g/mol. The number of fused-ring (bicyclic) bond motifs is 1. The van der Waals surface area contributed by atoms with Crippen LogP contribution in [-0.2, 0) is 0 Å². The van der Waals surface area contributed by atoms with E-state index in [1.165, 1.54) is 12.1 Å². The first kappa shape index (κ1) is 14.1. The molecule has 1 amide bonds. The van der Waals surface area contributed by atoms with Crippen LogP contribution in [0.1, 0.15) is 30.1 Å². The molecule has 0 heterocycles. The first-order valence-corrected chi connectivity index (χ1v) is 6.61. The highest BCUT2D eigenvalue weighted by molar-refractivity contribution is 6.07. The molecular formula is C17H16FNO. The fourth-order valence-electron chi connectivity index (χ4n) is 2.18. The summed E-state index contributed by atoms with van der Waals surface area (Å²) in [7, 11) is 0. The summed E-state index contributed by atoms with van der Waals surface area (Å²) in [5.74, 6) is 1.96. The zero-order chi connectivity index (χ0) is 14.5. The van der Waals surface area contributed by atoms with Gasteiger partial charge < -0.3 is 5.32 Å². The van der Waals surface area contributed by atoms with Crippen molar-refractivity contribution >= 4 is 16.7 Å². The van der Waals surface area contributed by atoms with Crippen LogP contribution in [0.15, 0.2) is 36.4 Å². The molecule has 0 saturated carbocycles. The summed E-state index contributed by atoms with van der Waals surface area (Å²) in [6, 6.07) is 9.42. The minimum absolute atomic E-state index is 0.266. The summed E-state index contributed by atoms with van der Waals surface area (Å²) in [5.41, 5.74) is 0.443. The Morgan fingerprint density at radius 3 is 2.65 bits per heavy atom. The van der Waals surface area contributed by atoms with Crippen molar-refractivity contribution in [2.45, 2.75) is 25.8 Å². The minimum Gasteiger partial charge on any atom is -0.338 e. The summed E-state index contributed by atoms with van der Waals surface area (Å²) in [4.78, 5) is 12.3. The molecule has 0 saturated heterocycles. The predicted molar refractivity (Wildman–Crippen MR) is 78.9 cm³/mol. The van der Waals surface area contributed by atoms with Gasteiger partial charge in [-0.3, -0.25) is 4.79 Å². The molecule has 0 aromatic heterocycles. The van der Waals surface area contributed by atoms with E-state index in [4.69, 9.17) is 6.42 Å². The molecule has 0 aliphatic heterocycles. The maximum absolute atomic E-state index is 13.7. The molecule has 0 radical (unpaired) electrons. The van der Waals surface area contributed by atoms with E-state index in [0.29, 0.717) is 16.3 Å². The number of terminal acetylenes is 1. The molecule has 0 fully saturated rings. The summed E-state index contributed by atoms with van der Waals surface area (Å²) >= 11 is 0. The lowest BCUT2D eigenvalue weighted by Crippen LogP contribution is -2.33. The number of nitrogens with one attached hydrogen (secondary N) is 1. The van der Waals surface area contributed by atoms with Crippen LogP contribution in [0, 0.1) is 18.2 Å². The molecule has 102 valence electrons. The van der Waals surface area contributed by atoms with E-state index < -0.39 is 0 Å². The minimum atomic E-state index is -0.334. The molecule has 1 atom stereocenters. The standard InChI is InChI=1S/C17H16FNO/c1-3-7-12(4-2)19-17(20)15-10-11-16(18)14-9-6-5-8-13(14)15/h2,5-6,8-12H,3,7H2,1H3,(H,19,20). The van der Waals surface area contributed by atoms with Crippen LogP contribution in [-0.4, -0.2) is 11.9 Å². The van der Waals surface area contributed by atoms with Crippen LogP contribution < -0.4 is 5.32 Å². The number of benzene rings is 2. The van der Waals surface area contributed by atoms with Gasteiger partial charge in [0.25, 0.3) is 5.91 Å². The van der Waals surface area contributed by atoms with Gasteiger partial charge in [-0.2, -0.15) is 0 Å². The lowest BCUT2D eigenvalue weighted by molar-refractivity contribution is 0.0946. The second-order valence-corrected chi connectivity index (χ2v) is 4.62. The second-order valence-electron chi connectivity index (χ2n) is 4.62. The number of carbonyl (C=O) groups is 1. The van der Waals surface area contributed by atoms with Gasteiger partial charge in [0.2, 0.25) is 0 Å². The Morgan fingerprint density at radius 1 is 1.30 bits per heavy atom. The van der Waals surface area contributed by atoms with E-state index in [9.17, 15) is 9.18 Å². The monoisotopic (exact) mass is 269 g/mol. The van der Waals surface area contributed by atoms with Crippen molar-refractivity contribution in [3.63, 3.8) is 0 Å². The van der Waals surface area contributed by atoms with Crippen LogP contribution in [0.4, 0.5) is 4.39 Å². The molecule has 2 rings (SSSR count). The van der Waals surface area contributed by atoms with Gasteiger partial charge in [-0.1, -0.05) is 43.5 Å². The lowest BCUT2D eigenvalue weighted by Gasteiger charge is -2.13. The van der Waals surface area contributed by atoms with E-state index >= 15 is 0 Å². The highest BCUT2D eigenvalue weighted by Gasteiger charge is 2.14. The number of hydrogen-bond donors (Lipinski definition) is 1. The van der Waals surface area contributed by atoms with E-state index in [-0.39, 0.29) is 17.8 Å². The molecule has 20 heavy (non-hydrogen) atoms. The third kappa shape index (κ3) is 2.80. The Labute approximate surface area is 118 Å². The summed E-state index contributed by atoms with van der Waals surface area (Å²) in [6.45, 7) is 2.00. The van der Waals surface area contributed by atoms with E-state index in [2.05, 4.69) is 11.2 Å². The van der Waals surface area contributed by atoms with Crippen molar-refractivity contribution < 1.29 is 9.18 Å². The van der Waals surface area contributed by atoms with Gasteiger partial charge in [-0.05, 0) is 23.9 Å². The maximum atomic E-state index is 13.7. The van der Waals surface area contributed by atoms with E-state index in [0.717, 1.165) is 12.8 Å². The Kier molecular flexibility index (Phi) is 4.37. The van der Waals surface area contributed by atoms with Crippen molar-refractivity contribution in [3.8, 4) is 12.3 Å². The average Bonchev–Trinajstić information content (AvgIpc) is 2.47. The lowest BCUT2D eigenvalue weighted by atomic mass is 10.0. The highest BCUT2D eigenvalue weighted by Crippen LogP contribution is 2.21. The third-order valence-electron chi connectivity index (χ3n) is 3.20. The second kappa shape index (κ2) is 6.21. The number of carbonyl (C=O) groups excluding carboxylic acids is 1. The van der Waals surface area contributed by atoms with Gasteiger partial charge in [-0.15, -0.1) is 6.42 Å². The zero-order valence-electron chi connectivity index (χ0n) is 11.3. The van der Waals surface area contributed by atoms with Crippen molar-refractivity contribution in [1.29, 1.82) is 0 Å². The topological polar surface area (TPSA) is 29.1 Å². The largest absolute Gasteiger partial charge is 0.338 e. The molecule has 0 aliphatic rings. The van der Waals surface area contributed by atoms with Gasteiger partial charge in [0, 0.05) is 10.9 Å². The smallest absolute Gasteiger partial charge is 0.252 e. The maximum Gasteiger partial charge on any atom is 0.252 e. The Morgan fingerprint density at radius 2 is 2.00 bits per heavy atom. The van der Waals surface area contributed by atoms with E-state index in [1.54, 1.807) is 24.3 Å². The number of rotatable bonds is 4. The fraction of sp³-hybridized carbons (Fsp3) is 0.235. The Hall–Kier alpha value is -2.34. The summed E-state index contributed by atoms with van der Waals surface area (Å²) in [6.07, 6.45) is 7.01. The van der Waals surface area contributed by atoms with Crippen LogP contribution in [0.3, 0.4) is 0 Å². The molecule has 2 aromatic rings. The van der Waals surface area contributed by atoms with Crippen LogP contribution >= 0.6 is 0 Å². The van der Waals surface area contributed by atoms with Gasteiger partial charge in [0.1, 0.15) is 5.82 Å². The Balaban J connectivity index is 2.36. The highest BCUT2D eigenvalue weighted by atomic mass is 19.1. The van der Waals surface area contributed by atoms with E-state index in [1.807, 2.05) is 6.92 Å². The number of amides is 1. The number of hydrogen-bond acceptors (Lipinski definition) is 1. The third-order valence-corrected chi connectivity index (χ3v) is 3.20. The van der Waals surface area contributed by atoms with Crippen molar-refractivity contribution in [2.24, 2.45) is 0 Å². The van der Waals surface area contributed by atoms with Gasteiger partial charge in [-0.25, -0.2) is 4.39 Å².